The Morgan fingerprint density at radius 2 is 1.95 bits per heavy atom. The Balaban J connectivity index is 0.00000180. The first kappa shape index (κ1) is 16.8. The maximum atomic E-state index is 13.6. The average molecular weight is 378 g/mol. The van der Waals surface area contributed by atoms with Crippen LogP contribution in [-0.4, -0.2) is 31.9 Å². The van der Waals surface area contributed by atoms with E-state index in [1.165, 1.54) is 0 Å². The molecule has 2 N–H and O–H groups in total. The van der Waals surface area contributed by atoms with E-state index in [9.17, 15) is 17.2 Å². The van der Waals surface area contributed by atoms with Crippen LogP contribution in [0.2, 0.25) is 0 Å². The molecule has 0 radical (unpaired) electrons. The van der Waals surface area contributed by atoms with Crippen molar-refractivity contribution < 1.29 is 17.2 Å². The number of benzene rings is 1. The summed E-state index contributed by atoms with van der Waals surface area (Å²) in [5.41, 5.74) is 5.61. The average Bonchev–Trinajstić information content (AvgIpc) is 2.70. The third kappa shape index (κ3) is 3.25. The van der Waals surface area contributed by atoms with Crippen LogP contribution in [0.5, 0.6) is 0 Å². The maximum Gasteiger partial charge on any atom is 0.246 e. The third-order valence-corrected chi connectivity index (χ3v) is 5.27. The molecule has 19 heavy (non-hydrogen) atoms. The first-order chi connectivity index (χ1) is 8.32. The molecule has 2 rings (SSSR count). The van der Waals surface area contributed by atoms with Crippen molar-refractivity contribution in [1.29, 1.82) is 0 Å². The van der Waals surface area contributed by atoms with Gasteiger partial charge in [0.1, 0.15) is 16.5 Å². The minimum atomic E-state index is -4.02. The van der Waals surface area contributed by atoms with Gasteiger partial charge in [-0.25, -0.2) is 17.2 Å². The molecule has 1 aliphatic rings. The van der Waals surface area contributed by atoms with E-state index >= 15 is 0 Å². The summed E-state index contributed by atoms with van der Waals surface area (Å²) in [6.07, 6.45) is 0.514. The van der Waals surface area contributed by atoms with Crippen LogP contribution < -0.4 is 5.73 Å². The summed E-state index contributed by atoms with van der Waals surface area (Å²) < 4.78 is 52.2. The molecule has 0 amide bonds. The maximum absolute atomic E-state index is 13.6. The van der Waals surface area contributed by atoms with E-state index in [1.54, 1.807) is 0 Å². The number of halogens is 4. The van der Waals surface area contributed by atoms with Crippen LogP contribution >= 0.6 is 28.3 Å². The lowest BCUT2D eigenvalue weighted by atomic mass is 10.3. The molecule has 0 bridgehead atoms. The first-order valence-corrected chi connectivity index (χ1v) is 7.46. The number of sulfonamides is 1. The van der Waals surface area contributed by atoms with Gasteiger partial charge in [0, 0.05) is 19.1 Å². The van der Waals surface area contributed by atoms with Gasteiger partial charge in [-0.15, -0.1) is 12.4 Å². The number of nitrogens with zero attached hydrogens (tertiary/aromatic N) is 1. The van der Waals surface area contributed by atoms with Gasteiger partial charge in [0.15, 0.2) is 0 Å². The minimum absolute atomic E-state index is 0. The van der Waals surface area contributed by atoms with Crippen LogP contribution in [-0.2, 0) is 10.0 Å². The van der Waals surface area contributed by atoms with Crippen molar-refractivity contribution in [3.05, 3.63) is 28.2 Å². The van der Waals surface area contributed by atoms with E-state index in [0.29, 0.717) is 12.5 Å². The molecule has 0 spiro atoms. The van der Waals surface area contributed by atoms with Gasteiger partial charge >= 0.3 is 0 Å². The van der Waals surface area contributed by atoms with E-state index < -0.39 is 26.6 Å². The summed E-state index contributed by atoms with van der Waals surface area (Å²) >= 11 is 2.80. The molecular formula is C10H12BrClF2N2O2S. The van der Waals surface area contributed by atoms with E-state index in [1.807, 2.05) is 0 Å². The molecule has 1 saturated heterocycles. The molecule has 1 heterocycles. The van der Waals surface area contributed by atoms with E-state index in [2.05, 4.69) is 15.9 Å². The van der Waals surface area contributed by atoms with Gasteiger partial charge in [-0.1, -0.05) is 0 Å². The normalized spacial score (nSPS) is 20.3. The third-order valence-electron chi connectivity index (χ3n) is 2.78. The van der Waals surface area contributed by atoms with Crippen LogP contribution in [0.25, 0.3) is 0 Å². The molecule has 108 valence electrons. The standard InChI is InChI=1S/C10H11BrF2N2O2S.ClH/c11-7-3-9(13)10(4-8(7)12)18(16,17)15-2-1-6(14)5-15;/h3-4,6H,1-2,5,14H2;1H/t6-;/m1./s1. The molecule has 0 unspecified atom stereocenters. The zero-order valence-electron chi connectivity index (χ0n) is 9.64. The van der Waals surface area contributed by atoms with E-state index in [0.717, 1.165) is 10.4 Å². The quantitative estimate of drug-likeness (QED) is 0.800. The Kier molecular flexibility index (Phi) is 5.30. The lowest BCUT2D eigenvalue weighted by Gasteiger charge is -2.16. The number of nitrogens with two attached hydrogens (primary N) is 1. The summed E-state index contributed by atoms with van der Waals surface area (Å²) in [7, 11) is -4.02. The van der Waals surface area contributed by atoms with E-state index in [4.69, 9.17) is 5.73 Å². The smallest absolute Gasteiger partial charge is 0.246 e. The van der Waals surface area contributed by atoms with Gasteiger partial charge in [0.05, 0.1) is 4.47 Å². The molecule has 4 nitrogen and oxygen atoms in total. The largest absolute Gasteiger partial charge is 0.326 e. The van der Waals surface area contributed by atoms with Crippen LogP contribution in [0, 0.1) is 11.6 Å². The summed E-state index contributed by atoms with van der Waals surface area (Å²) in [6.45, 7) is 0.347. The van der Waals surface area contributed by atoms with Gasteiger partial charge in [-0.2, -0.15) is 4.31 Å². The summed E-state index contributed by atoms with van der Waals surface area (Å²) in [4.78, 5) is -0.655. The number of rotatable bonds is 2. The van der Waals surface area contributed by atoms with Crippen LogP contribution in [0.4, 0.5) is 8.78 Å². The Morgan fingerprint density at radius 3 is 2.47 bits per heavy atom. The highest BCUT2D eigenvalue weighted by molar-refractivity contribution is 9.10. The minimum Gasteiger partial charge on any atom is -0.326 e. The van der Waals surface area contributed by atoms with Gasteiger partial charge < -0.3 is 5.73 Å². The monoisotopic (exact) mass is 376 g/mol. The van der Waals surface area contributed by atoms with Crippen molar-refractivity contribution in [2.24, 2.45) is 5.73 Å². The highest BCUT2D eigenvalue weighted by Gasteiger charge is 2.33. The Hall–Kier alpha value is -0.280. The van der Waals surface area contributed by atoms with Crippen LogP contribution in [0.3, 0.4) is 0 Å². The molecular weight excluding hydrogens is 366 g/mol. The van der Waals surface area contributed by atoms with Crippen molar-refractivity contribution in [2.75, 3.05) is 13.1 Å². The van der Waals surface area contributed by atoms with Gasteiger partial charge in [-0.05, 0) is 34.5 Å². The molecule has 1 atom stereocenters. The highest BCUT2D eigenvalue weighted by atomic mass is 79.9. The molecule has 1 aromatic carbocycles. The SMILES string of the molecule is Cl.N[C@@H]1CCN(S(=O)(=O)c2cc(F)c(Br)cc2F)C1. The summed E-state index contributed by atoms with van der Waals surface area (Å²) in [6, 6.07) is 1.22. The summed E-state index contributed by atoms with van der Waals surface area (Å²) in [5.74, 6) is -1.80. The Bertz CT molecular complexity index is 585. The van der Waals surface area contributed by atoms with Crippen LogP contribution in [0.1, 0.15) is 6.42 Å². The molecule has 1 aromatic rings. The molecule has 9 heteroatoms. The molecule has 1 fully saturated rings. The zero-order chi connectivity index (χ0) is 13.5. The fourth-order valence-electron chi connectivity index (χ4n) is 1.81. The van der Waals surface area contributed by atoms with Crippen molar-refractivity contribution >= 4 is 38.4 Å². The van der Waals surface area contributed by atoms with E-state index in [-0.39, 0.29) is 36.0 Å². The molecule has 1 aliphatic heterocycles. The van der Waals surface area contributed by atoms with Gasteiger partial charge in [-0.3, -0.25) is 0 Å². The van der Waals surface area contributed by atoms with Gasteiger partial charge in [0.2, 0.25) is 10.0 Å². The summed E-state index contributed by atoms with van der Waals surface area (Å²) in [5, 5.41) is 0. The number of hydrogen-bond donors (Lipinski definition) is 1. The number of hydrogen-bond acceptors (Lipinski definition) is 3. The molecule has 0 aliphatic carbocycles. The Labute approximate surface area is 124 Å². The molecule has 0 aromatic heterocycles. The lowest BCUT2D eigenvalue weighted by Crippen LogP contribution is -2.32. The topological polar surface area (TPSA) is 63.4 Å². The zero-order valence-corrected chi connectivity index (χ0v) is 12.9. The van der Waals surface area contributed by atoms with Crippen molar-refractivity contribution in [1.82, 2.24) is 4.31 Å². The fraction of sp³-hybridized carbons (Fsp3) is 0.400. The second-order valence-electron chi connectivity index (χ2n) is 4.11. The predicted octanol–water partition coefficient (Wildman–Crippen LogP) is 1.87. The van der Waals surface area contributed by atoms with Crippen molar-refractivity contribution in [3.8, 4) is 0 Å². The second kappa shape index (κ2) is 6.01. The molecule has 0 saturated carbocycles. The lowest BCUT2D eigenvalue weighted by molar-refractivity contribution is 0.463. The van der Waals surface area contributed by atoms with Crippen molar-refractivity contribution in [3.63, 3.8) is 0 Å². The Morgan fingerprint density at radius 1 is 1.32 bits per heavy atom. The first-order valence-electron chi connectivity index (χ1n) is 5.22. The van der Waals surface area contributed by atoms with Gasteiger partial charge in [0.25, 0.3) is 0 Å². The van der Waals surface area contributed by atoms with Crippen LogP contribution in [0.15, 0.2) is 21.5 Å². The predicted molar refractivity (Wildman–Crippen MR) is 72.7 cm³/mol. The highest BCUT2D eigenvalue weighted by Crippen LogP contribution is 2.27. The van der Waals surface area contributed by atoms with Crippen molar-refractivity contribution in [2.45, 2.75) is 17.4 Å². The second-order valence-corrected chi connectivity index (χ2v) is 6.87. The fourth-order valence-corrected chi connectivity index (χ4v) is 3.70.